The number of hydrogen-bond donors (Lipinski definition) is 0. The molecule has 0 unspecified atom stereocenters. The van der Waals surface area contributed by atoms with Crippen LogP contribution in [-0.2, 0) is 17.8 Å². The van der Waals surface area contributed by atoms with Gasteiger partial charge in [0, 0.05) is 36.1 Å². The highest BCUT2D eigenvalue weighted by Gasteiger charge is 2.31. The number of nitrogens with zero attached hydrogens (tertiary/aromatic N) is 4. The summed E-state index contributed by atoms with van der Waals surface area (Å²) in [4.78, 5) is 17.7. The Morgan fingerprint density at radius 3 is 2.90 bits per heavy atom. The van der Waals surface area contributed by atoms with E-state index in [0.717, 1.165) is 6.54 Å². The highest BCUT2D eigenvalue weighted by Crippen LogP contribution is 2.23. The van der Waals surface area contributed by atoms with Crippen LogP contribution in [0.2, 0.25) is 5.02 Å². The molecule has 2 aromatic rings. The number of rotatable bonds is 4. The number of aromatic nitrogens is 3. The van der Waals surface area contributed by atoms with Crippen LogP contribution in [0.15, 0.2) is 30.9 Å². The molecule has 1 aromatic carbocycles. The lowest BCUT2D eigenvalue weighted by atomic mass is 9.99. The van der Waals surface area contributed by atoms with Gasteiger partial charge in [-0.3, -0.25) is 9.48 Å². The Morgan fingerprint density at radius 1 is 1.43 bits per heavy atom. The second-order valence-electron chi connectivity index (χ2n) is 5.16. The summed E-state index contributed by atoms with van der Waals surface area (Å²) < 4.78 is 15.4. The molecule has 1 aliphatic heterocycles. The molecule has 1 aliphatic rings. The van der Waals surface area contributed by atoms with E-state index < -0.39 is 5.82 Å². The molecular weight excluding hydrogens is 295 g/mol. The highest BCUT2D eigenvalue weighted by atomic mass is 35.5. The lowest BCUT2D eigenvalue weighted by molar-refractivity contribution is -0.137. The number of carbonyl (C=O) groups excluding carboxylic acids is 1. The minimum Gasteiger partial charge on any atom is -0.342 e. The van der Waals surface area contributed by atoms with Crippen LogP contribution in [0.3, 0.4) is 0 Å². The number of halogens is 2. The smallest absolute Gasteiger partial charge is 0.227 e. The molecule has 3 rings (SSSR count). The Hall–Kier alpha value is -1.95. The Labute approximate surface area is 126 Å². The van der Waals surface area contributed by atoms with Crippen LogP contribution < -0.4 is 0 Å². The minimum atomic E-state index is -0.435. The molecule has 0 bridgehead atoms. The zero-order chi connectivity index (χ0) is 14.8. The molecule has 2 heterocycles. The van der Waals surface area contributed by atoms with Crippen molar-refractivity contribution in [3.8, 4) is 0 Å². The first kappa shape index (κ1) is 14.0. The molecule has 0 N–H and O–H groups in total. The number of likely N-dealkylation sites (tertiary alicyclic amines) is 1. The standard InChI is InChI=1S/C14H14ClFN4O/c15-12-2-1-3-13(16)11(12)4-14(21)19-5-10(6-19)7-20-9-17-8-18-20/h1-3,8-10H,4-7H2. The van der Waals surface area contributed by atoms with Gasteiger partial charge in [-0.1, -0.05) is 17.7 Å². The fourth-order valence-corrected chi connectivity index (χ4v) is 2.67. The summed E-state index contributed by atoms with van der Waals surface area (Å²) in [6.07, 6.45) is 3.15. The molecule has 5 nitrogen and oxygen atoms in total. The molecule has 0 aliphatic carbocycles. The van der Waals surface area contributed by atoms with Crippen molar-refractivity contribution in [1.82, 2.24) is 19.7 Å². The molecule has 0 radical (unpaired) electrons. The lowest BCUT2D eigenvalue weighted by Gasteiger charge is -2.39. The van der Waals surface area contributed by atoms with Crippen molar-refractivity contribution in [3.05, 3.63) is 47.3 Å². The third-order valence-corrected chi connectivity index (χ3v) is 3.97. The van der Waals surface area contributed by atoms with Gasteiger partial charge >= 0.3 is 0 Å². The lowest BCUT2D eigenvalue weighted by Crippen LogP contribution is -2.52. The van der Waals surface area contributed by atoms with Crippen LogP contribution in [0.5, 0.6) is 0 Å². The number of hydrogen-bond acceptors (Lipinski definition) is 3. The van der Waals surface area contributed by atoms with E-state index in [2.05, 4.69) is 10.1 Å². The summed E-state index contributed by atoms with van der Waals surface area (Å²) in [6, 6.07) is 4.44. The van der Waals surface area contributed by atoms with Gasteiger partial charge in [-0.25, -0.2) is 9.37 Å². The molecule has 1 aromatic heterocycles. The topological polar surface area (TPSA) is 51.0 Å². The van der Waals surface area contributed by atoms with E-state index in [9.17, 15) is 9.18 Å². The van der Waals surface area contributed by atoms with Gasteiger partial charge in [-0.15, -0.1) is 0 Å². The van der Waals surface area contributed by atoms with Crippen LogP contribution in [-0.4, -0.2) is 38.7 Å². The quantitative estimate of drug-likeness (QED) is 0.865. The first-order chi connectivity index (χ1) is 10.1. The van der Waals surface area contributed by atoms with Crippen molar-refractivity contribution in [2.45, 2.75) is 13.0 Å². The third kappa shape index (κ3) is 3.05. The minimum absolute atomic E-state index is 0.00154. The van der Waals surface area contributed by atoms with Crippen molar-refractivity contribution in [2.24, 2.45) is 5.92 Å². The largest absolute Gasteiger partial charge is 0.342 e. The summed E-state index contributed by atoms with van der Waals surface area (Å²) >= 11 is 5.93. The summed E-state index contributed by atoms with van der Waals surface area (Å²) in [6.45, 7) is 2.06. The third-order valence-electron chi connectivity index (χ3n) is 3.61. The van der Waals surface area contributed by atoms with Gasteiger partial charge in [0.15, 0.2) is 0 Å². The van der Waals surface area contributed by atoms with Crippen molar-refractivity contribution in [1.29, 1.82) is 0 Å². The molecule has 7 heteroatoms. The summed E-state index contributed by atoms with van der Waals surface area (Å²) in [7, 11) is 0. The number of amides is 1. The fraction of sp³-hybridized carbons (Fsp3) is 0.357. The van der Waals surface area contributed by atoms with Gasteiger partial charge < -0.3 is 4.90 Å². The zero-order valence-corrected chi connectivity index (χ0v) is 12.0. The maximum Gasteiger partial charge on any atom is 0.227 e. The zero-order valence-electron chi connectivity index (χ0n) is 11.2. The molecule has 0 atom stereocenters. The first-order valence-corrected chi connectivity index (χ1v) is 7.04. The van der Waals surface area contributed by atoms with Crippen LogP contribution in [0.1, 0.15) is 5.56 Å². The maximum atomic E-state index is 13.7. The Balaban J connectivity index is 1.54. The molecule has 0 spiro atoms. The van der Waals surface area contributed by atoms with Crippen molar-refractivity contribution in [3.63, 3.8) is 0 Å². The molecule has 110 valence electrons. The summed E-state index contributed by atoms with van der Waals surface area (Å²) in [5, 5.41) is 4.33. The molecule has 21 heavy (non-hydrogen) atoms. The molecule has 1 amide bonds. The van der Waals surface area contributed by atoms with Gasteiger partial charge in [0.05, 0.1) is 6.42 Å². The Kier molecular flexibility index (Phi) is 3.88. The number of carbonyl (C=O) groups is 1. The van der Waals surface area contributed by atoms with E-state index in [1.807, 2.05) is 0 Å². The molecular formula is C14H14ClFN4O. The van der Waals surface area contributed by atoms with E-state index >= 15 is 0 Å². The van der Waals surface area contributed by atoms with E-state index in [-0.39, 0.29) is 17.9 Å². The van der Waals surface area contributed by atoms with Crippen molar-refractivity contribution in [2.75, 3.05) is 13.1 Å². The average Bonchev–Trinajstić information content (AvgIpc) is 2.90. The van der Waals surface area contributed by atoms with Crippen molar-refractivity contribution >= 4 is 17.5 Å². The molecule has 1 fully saturated rings. The second kappa shape index (κ2) is 5.81. The van der Waals surface area contributed by atoms with Crippen LogP contribution >= 0.6 is 11.6 Å². The maximum absolute atomic E-state index is 13.7. The van der Waals surface area contributed by atoms with Gasteiger partial charge in [-0.05, 0) is 12.1 Å². The summed E-state index contributed by atoms with van der Waals surface area (Å²) in [5.74, 6) is -0.167. The van der Waals surface area contributed by atoms with E-state index in [1.54, 1.807) is 22.0 Å². The highest BCUT2D eigenvalue weighted by molar-refractivity contribution is 6.31. The SMILES string of the molecule is O=C(Cc1c(F)cccc1Cl)N1CC(Cn2cncn2)C1. The molecule has 1 saturated heterocycles. The van der Waals surface area contributed by atoms with Crippen LogP contribution in [0, 0.1) is 11.7 Å². The van der Waals surface area contributed by atoms with Gasteiger partial charge in [0.2, 0.25) is 5.91 Å². The van der Waals surface area contributed by atoms with E-state index in [0.29, 0.717) is 24.0 Å². The Bertz CT molecular complexity index is 620. The second-order valence-corrected chi connectivity index (χ2v) is 5.57. The van der Waals surface area contributed by atoms with E-state index in [4.69, 9.17) is 11.6 Å². The van der Waals surface area contributed by atoms with Crippen LogP contribution in [0.25, 0.3) is 0 Å². The summed E-state index contributed by atoms with van der Waals surface area (Å²) in [5.41, 5.74) is 0.267. The van der Waals surface area contributed by atoms with E-state index in [1.165, 1.54) is 18.5 Å². The predicted octanol–water partition coefficient (Wildman–Crippen LogP) is 1.77. The normalized spacial score (nSPS) is 15.0. The van der Waals surface area contributed by atoms with Crippen LogP contribution in [0.4, 0.5) is 4.39 Å². The molecule has 0 saturated carbocycles. The monoisotopic (exact) mass is 308 g/mol. The predicted molar refractivity (Wildman–Crippen MR) is 75.2 cm³/mol. The fourth-order valence-electron chi connectivity index (χ4n) is 2.44. The van der Waals surface area contributed by atoms with Gasteiger partial charge in [-0.2, -0.15) is 5.10 Å². The Morgan fingerprint density at radius 2 is 2.24 bits per heavy atom. The first-order valence-electron chi connectivity index (χ1n) is 6.66. The number of benzene rings is 1. The van der Waals surface area contributed by atoms with Gasteiger partial charge in [0.1, 0.15) is 18.5 Å². The van der Waals surface area contributed by atoms with Crippen molar-refractivity contribution < 1.29 is 9.18 Å². The van der Waals surface area contributed by atoms with Gasteiger partial charge in [0.25, 0.3) is 0 Å². The average molecular weight is 309 g/mol.